The maximum atomic E-state index is 12.8. The van der Waals surface area contributed by atoms with Gasteiger partial charge in [0.2, 0.25) is 0 Å². The van der Waals surface area contributed by atoms with Crippen molar-refractivity contribution in [3.05, 3.63) is 66.0 Å². The third-order valence-electron chi connectivity index (χ3n) is 5.82. The van der Waals surface area contributed by atoms with Crippen LogP contribution >= 0.6 is 0 Å². The van der Waals surface area contributed by atoms with Crippen LogP contribution in [0.15, 0.2) is 54.9 Å². The number of sulfone groups is 1. The number of fused-ring (bicyclic) bond motifs is 1. The van der Waals surface area contributed by atoms with Crippen molar-refractivity contribution in [2.45, 2.75) is 30.7 Å². The van der Waals surface area contributed by atoms with Crippen molar-refractivity contribution in [3.63, 3.8) is 0 Å². The van der Waals surface area contributed by atoms with E-state index in [-0.39, 0.29) is 17.7 Å². The smallest absolute Gasteiger partial charge is 0.253 e. The second-order valence-electron chi connectivity index (χ2n) is 7.54. The van der Waals surface area contributed by atoms with Gasteiger partial charge < -0.3 is 4.90 Å². The van der Waals surface area contributed by atoms with E-state index in [0.29, 0.717) is 44.6 Å². The number of carbonyl (C=O) groups is 1. The molecule has 0 bridgehead atoms. The van der Waals surface area contributed by atoms with E-state index in [1.165, 1.54) is 0 Å². The standard InChI is InChI=1S/C21H25N3O3S/c25-21(18-6-2-1-3-7-18)23-11-8-19-20(9-12-23)28(26,27)14-13-24(19)16-17-5-4-10-22-15-17/h1-7,10,15,19-20H,8-9,11-14,16H2/t19-,20+/m0/s1. The molecule has 1 aromatic carbocycles. The summed E-state index contributed by atoms with van der Waals surface area (Å²) in [6.07, 6.45) is 4.74. The predicted octanol–water partition coefficient (Wildman–Crippen LogP) is 1.99. The molecule has 0 aliphatic carbocycles. The zero-order valence-corrected chi connectivity index (χ0v) is 16.6. The molecule has 4 rings (SSSR count). The van der Waals surface area contributed by atoms with Crippen LogP contribution < -0.4 is 0 Å². The number of hydrogen-bond donors (Lipinski definition) is 0. The topological polar surface area (TPSA) is 70.6 Å². The van der Waals surface area contributed by atoms with Gasteiger partial charge in [-0.1, -0.05) is 24.3 Å². The number of carbonyl (C=O) groups excluding carboxylic acids is 1. The third kappa shape index (κ3) is 3.95. The number of nitrogens with zero attached hydrogens (tertiary/aromatic N) is 3. The van der Waals surface area contributed by atoms with Gasteiger partial charge in [0.05, 0.1) is 11.0 Å². The van der Waals surface area contributed by atoms with Crippen LogP contribution in [0.3, 0.4) is 0 Å². The van der Waals surface area contributed by atoms with Crippen molar-refractivity contribution in [2.75, 3.05) is 25.4 Å². The first kappa shape index (κ1) is 19.1. The first-order chi connectivity index (χ1) is 13.5. The highest BCUT2D eigenvalue weighted by Crippen LogP contribution is 2.29. The molecule has 0 radical (unpaired) electrons. The Kier molecular flexibility index (Phi) is 5.46. The van der Waals surface area contributed by atoms with Crippen molar-refractivity contribution >= 4 is 15.7 Å². The summed E-state index contributed by atoms with van der Waals surface area (Å²) in [7, 11) is -3.14. The van der Waals surface area contributed by atoms with Crippen LogP contribution in [0.5, 0.6) is 0 Å². The Hall–Kier alpha value is -2.25. The molecule has 2 aromatic rings. The molecule has 0 saturated carbocycles. The molecule has 0 N–H and O–H groups in total. The Balaban J connectivity index is 1.53. The molecule has 148 valence electrons. The van der Waals surface area contributed by atoms with Gasteiger partial charge in [0.25, 0.3) is 5.91 Å². The van der Waals surface area contributed by atoms with E-state index in [9.17, 15) is 13.2 Å². The Morgan fingerprint density at radius 1 is 1.04 bits per heavy atom. The van der Waals surface area contributed by atoms with Gasteiger partial charge in [0.1, 0.15) is 0 Å². The minimum atomic E-state index is -3.14. The largest absolute Gasteiger partial charge is 0.339 e. The lowest BCUT2D eigenvalue weighted by molar-refractivity contribution is 0.0756. The average molecular weight is 400 g/mol. The molecule has 2 aliphatic heterocycles. The van der Waals surface area contributed by atoms with Crippen molar-refractivity contribution in [3.8, 4) is 0 Å². The number of pyridine rings is 1. The fourth-order valence-electron chi connectivity index (χ4n) is 4.35. The highest BCUT2D eigenvalue weighted by molar-refractivity contribution is 7.92. The summed E-state index contributed by atoms with van der Waals surface area (Å²) in [4.78, 5) is 21.1. The number of rotatable bonds is 3. The van der Waals surface area contributed by atoms with Gasteiger partial charge in [0, 0.05) is 50.2 Å². The lowest BCUT2D eigenvalue weighted by atomic mass is 10.1. The number of likely N-dealkylation sites (tertiary alicyclic amines) is 1. The molecular weight excluding hydrogens is 374 g/mol. The molecule has 2 atom stereocenters. The van der Waals surface area contributed by atoms with Gasteiger partial charge in [-0.3, -0.25) is 14.7 Å². The Morgan fingerprint density at radius 3 is 2.57 bits per heavy atom. The van der Waals surface area contributed by atoms with E-state index >= 15 is 0 Å². The van der Waals surface area contributed by atoms with Gasteiger partial charge in [0.15, 0.2) is 9.84 Å². The number of hydrogen-bond acceptors (Lipinski definition) is 5. The fourth-order valence-corrected chi connectivity index (χ4v) is 6.39. The van der Waals surface area contributed by atoms with Gasteiger partial charge >= 0.3 is 0 Å². The summed E-state index contributed by atoms with van der Waals surface area (Å²) in [5, 5.41) is -0.411. The first-order valence-corrected chi connectivity index (χ1v) is 11.4. The predicted molar refractivity (Wildman–Crippen MR) is 108 cm³/mol. The van der Waals surface area contributed by atoms with Crippen LogP contribution in [0, 0.1) is 0 Å². The van der Waals surface area contributed by atoms with Crippen LogP contribution in [0.2, 0.25) is 0 Å². The van der Waals surface area contributed by atoms with Crippen LogP contribution in [0.4, 0.5) is 0 Å². The van der Waals surface area contributed by atoms with Gasteiger partial charge in [-0.25, -0.2) is 8.42 Å². The molecule has 3 heterocycles. The van der Waals surface area contributed by atoms with Gasteiger partial charge in [-0.15, -0.1) is 0 Å². The number of amides is 1. The molecule has 1 aromatic heterocycles. The summed E-state index contributed by atoms with van der Waals surface area (Å²) in [5.41, 5.74) is 1.74. The maximum Gasteiger partial charge on any atom is 0.253 e. The number of benzene rings is 1. The lowest BCUT2D eigenvalue weighted by Gasteiger charge is -2.40. The third-order valence-corrected chi connectivity index (χ3v) is 8.04. The zero-order valence-electron chi connectivity index (χ0n) is 15.8. The summed E-state index contributed by atoms with van der Waals surface area (Å²) in [5.74, 6) is 0.164. The second-order valence-corrected chi connectivity index (χ2v) is 9.88. The zero-order chi connectivity index (χ0) is 19.6. The minimum Gasteiger partial charge on any atom is -0.339 e. The van der Waals surface area contributed by atoms with E-state index in [0.717, 1.165) is 5.56 Å². The van der Waals surface area contributed by atoms with Crippen LogP contribution in [0.1, 0.15) is 28.8 Å². The van der Waals surface area contributed by atoms with Crippen LogP contribution in [-0.4, -0.2) is 65.8 Å². The molecule has 2 aliphatic rings. The summed E-state index contributed by atoms with van der Waals surface area (Å²) in [6, 6.07) is 13.1. The quantitative estimate of drug-likeness (QED) is 0.789. The average Bonchev–Trinajstić information content (AvgIpc) is 2.95. The Morgan fingerprint density at radius 2 is 1.82 bits per heavy atom. The van der Waals surface area contributed by atoms with Crippen LogP contribution in [-0.2, 0) is 16.4 Å². The highest BCUT2D eigenvalue weighted by atomic mass is 32.2. The SMILES string of the molecule is O=C(c1ccccc1)N1CC[C@@H]2[C@H](CC1)N(Cc1cccnc1)CCS2(=O)=O. The van der Waals surface area contributed by atoms with E-state index in [1.54, 1.807) is 6.20 Å². The minimum absolute atomic E-state index is 0.0181. The second kappa shape index (κ2) is 8.01. The van der Waals surface area contributed by atoms with Crippen molar-refractivity contribution in [1.82, 2.24) is 14.8 Å². The summed E-state index contributed by atoms with van der Waals surface area (Å²) < 4.78 is 25.5. The van der Waals surface area contributed by atoms with E-state index < -0.39 is 15.1 Å². The highest BCUT2D eigenvalue weighted by Gasteiger charge is 2.43. The van der Waals surface area contributed by atoms with Crippen molar-refractivity contribution in [2.24, 2.45) is 0 Å². The van der Waals surface area contributed by atoms with E-state index in [1.807, 2.05) is 53.6 Å². The molecule has 7 heteroatoms. The molecule has 2 fully saturated rings. The van der Waals surface area contributed by atoms with Gasteiger partial charge in [-0.2, -0.15) is 0 Å². The van der Waals surface area contributed by atoms with E-state index in [4.69, 9.17) is 0 Å². The maximum absolute atomic E-state index is 12.8. The molecule has 2 saturated heterocycles. The Labute approximate surface area is 166 Å². The molecule has 0 unspecified atom stereocenters. The van der Waals surface area contributed by atoms with Crippen molar-refractivity contribution in [1.29, 1.82) is 0 Å². The normalized spacial score (nSPS) is 24.9. The summed E-state index contributed by atoms with van der Waals surface area (Å²) >= 11 is 0. The molecule has 1 amide bonds. The fraction of sp³-hybridized carbons (Fsp3) is 0.429. The summed E-state index contributed by atoms with van der Waals surface area (Å²) in [6.45, 7) is 2.28. The monoisotopic (exact) mass is 399 g/mol. The number of aromatic nitrogens is 1. The van der Waals surface area contributed by atoms with E-state index in [2.05, 4.69) is 9.88 Å². The molecular formula is C21H25N3O3S. The molecule has 28 heavy (non-hydrogen) atoms. The molecule has 0 spiro atoms. The lowest BCUT2D eigenvalue weighted by Crippen LogP contribution is -2.54. The van der Waals surface area contributed by atoms with Gasteiger partial charge in [-0.05, 0) is 36.6 Å². The first-order valence-electron chi connectivity index (χ1n) is 9.73. The van der Waals surface area contributed by atoms with Crippen LogP contribution in [0.25, 0.3) is 0 Å². The molecule has 6 nitrogen and oxygen atoms in total. The van der Waals surface area contributed by atoms with Crippen molar-refractivity contribution < 1.29 is 13.2 Å². The Bertz CT molecular complexity index is 918.